The molecule has 0 spiro atoms. The van der Waals surface area contributed by atoms with Crippen molar-refractivity contribution in [3.8, 4) is 0 Å². The predicted molar refractivity (Wildman–Crippen MR) is 80.1 cm³/mol. The molecule has 0 aliphatic heterocycles. The van der Waals surface area contributed by atoms with Crippen molar-refractivity contribution in [2.75, 3.05) is 13.1 Å². The first-order valence-electron chi connectivity index (χ1n) is 7.31. The molecule has 0 heterocycles. The minimum absolute atomic E-state index is 0.0957. The van der Waals surface area contributed by atoms with Gasteiger partial charge in [-0.05, 0) is 43.4 Å². The minimum Gasteiger partial charge on any atom is -0.356 e. The van der Waals surface area contributed by atoms with Crippen molar-refractivity contribution in [2.45, 2.75) is 45.4 Å². The second kappa shape index (κ2) is 9.56. The molecule has 0 saturated carbocycles. The third kappa shape index (κ3) is 6.97. The number of amides is 1. The Kier molecular flexibility index (Phi) is 7.91. The number of rotatable bonds is 9. The van der Waals surface area contributed by atoms with Crippen LogP contribution in [0.15, 0.2) is 24.3 Å². The van der Waals surface area contributed by atoms with Crippen LogP contribution in [0.1, 0.15) is 43.7 Å². The molecule has 0 aliphatic carbocycles. The fraction of sp³-hybridized carbons (Fsp3) is 0.562. The molecule has 0 radical (unpaired) electrons. The fourth-order valence-electron chi connectivity index (χ4n) is 1.95. The number of carbonyl (C=O) groups excluding carboxylic acids is 1. The zero-order valence-corrected chi connectivity index (χ0v) is 12.0. The Morgan fingerprint density at radius 1 is 1.11 bits per heavy atom. The lowest BCUT2D eigenvalue weighted by Crippen LogP contribution is -2.26. The van der Waals surface area contributed by atoms with Gasteiger partial charge < -0.3 is 11.1 Å². The summed E-state index contributed by atoms with van der Waals surface area (Å²) in [4.78, 5) is 11.7. The van der Waals surface area contributed by atoms with E-state index in [1.807, 2.05) is 0 Å². The molecule has 0 fully saturated rings. The predicted octanol–water partition coefficient (Wildman–Crippen LogP) is 2.43. The van der Waals surface area contributed by atoms with Crippen LogP contribution in [0.2, 0.25) is 0 Å². The number of carbonyl (C=O) groups is 1. The largest absolute Gasteiger partial charge is 0.356 e. The third-order valence-corrected chi connectivity index (χ3v) is 3.16. The van der Waals surface area contributed by atoms with Crippen molar-refractivity contribution in [3.63, 3.8) is 0 Å². The van der Waals surface area contributed by atoms with Crippen molar-refractivity contribution in [3.05, 3.63) is 35.4 Å². The number of hydrogen-bond donors (Lipinski definition) is 2. The molecule has 3 N–H and O–H groups in total. The first kappa shape index (κ1) is 15.7. The molecule has 0 aromatic heterocycles. The van der Waals surface area contributed by atoms with Crippen molar-refractivity contribution >= 4 is 5.91 Å². The average molecular weight is 262 g/mol. The van der Waals surface area contributed by atoms with Crippen molar-refractivity contribution in [1.82, 2.24) is 5.32 Å². The molecular formula is C16H26N2O. The van der Waals surface area contributed by atoms with E-state index in [-0.39, 0.29) is 5.91 Å². The van der Waals surface area contributed by atoms with Gasteiger partial charge in [-0.2, -0.15) is 0 Å². The van der Waals surface area contributed by atoms with Crippen molar-refractivity contribution in [2.24, 2.45) is 5.73 Å². The highest BCUT2D eigenvalue weighted by Gasteiger charge is 2.02. The summed E-state index contributed by atoms with van der Waals surface area (Å²) in [7, 11) is 0. The van der Waals surface area contributed by atoms with E-state index in [4.69, 9.17) is 5.73 Å². The first-order valence-corrected chi connectivity index (χ1v) is 7.31. The van der Waals surface area contributed by atoms with E-state index in [1.165, 1.54) is 18.4 Å². The zero-order chi connectivity index (χ0) is 13.9. The maximum atomic E-state index is 11.7. The Bertz CT molecular complexity index is 360. The summed E-state index contributed by atoms with van der Waals surface area (Å²) in [5.41, 5.74) is 7.84. The van der Waals surface area contributed by atoms with Crippen LogP contribution < -0.4 is 11.1 Å². The fourth-order valence-corrected chi connectivity index (χ4v) is 1.95. The van der Waals surface area contributed by atoms with Gasteiger partial charge in [-0.3, -0.25) is 4.79 Å². The molecule has 3 nitrogen and oxygen atoms in total. The van der Waals surface area contributed by atoms with Crippen LogP contribution in [0.5, 0.6) is 0 Å². The van der Waals surface area contributed by atoms with Crippen LogP contribution in [0.25, 0.3) is 0 Å². The number of unbranched alkanes of at least 4 members (excludes halogenated alkanes) is 2. The molecule has 1 rings (SSSR count). The van der Waals surface area contributed by atoms with E-state index in [0.717, 1.165) is 31.4 Å². The maximum absolute atomic E-state index is 11.7. The molecule has 0 unspecified atom stereocenters. The van der Waals surface area contributed by atoms with E-state index in [9.17, 15) is 4.79 Å². The molecule has 1 amide bonds. The van der Waals surface area contributed by atoms with E-state index in [0.29, 0.717) is 13.0 Å². The number of aryl methyl sites for hydroxylation is 1. The van der Waals surface area contributed by atoms with Crippen molar-refractivity contribution in [1.29, 1.82) is 0 Å². The SMILES string of the molecule is CCCCc1ccc(CC(=O)NCCCCN)cc1. The molecule has 0 atom stereocenters. The van der Waals surface area contributed by atoms with E-state index < -0.39 is 0 Å². The molecular weight excluding hydrogens is 236 g/mol. The topological polar surface area (TPSA) is 55.1 Å². The van der Waals surface area contributed by atoms with Crippen LogP contribution in [0.3, 0.4) is 0 Å². The quantitative estimate of drug-likeness (QED) is 0.672. The molecule has 19 heavy (non-hydrogen) atoms. The molecule has 0 aliphatic rings. The van der Waals surface area contributed by atoms with Gasteiger partial charge in [-0.25, -0.2) is 0 Å². The summed E-state index contributed by atoms with van der Waals surface area (Å²) in [6, 6.07) is 8.38. The van der Waals surface area contributed by atoms with Gasteiger partial charge in [-0.1, -0.05) is 37.6 Å². The summed E-state index contributed by atoms with van der Waals surface area (Å²) in [6.45, 7) is 3.61. The summed E-state index contributed by atoms with van der Waals surface area (Å²) in [5.74, 6) is 0.0957. The summed E-state index contributed by atoms with van der Waals surface area (Å²) in [5, 5.41) is 2.92. The Balaban J connectivity index is 2.29. The van der Waals surface area contributed by atoms with Crippen LogP contribution in [0.4, 0.5) is 0 Å². The van der Waals surface area contributed by atoms with E-state index >= 15 is 0 Å². The van der Waals surface area contributed by atoms with Crippen LogP contribution in [0, 0.1) is 0 Å². The van der Waals surface area contributed by atoms with Crippen LogP contribution in [-0.4, -0.2) is 19.0 Å². The second-order valence-corrected chi connectivity index (χ2v) is 4.94. The van der Waals surface area contributed by atoms with E-state index in [2.05, 4.69) is 36.5 Å². The summed E-state index contributed by atoms with van der Waals surface area (Å²) in [6.07, 6.45) is 5.96. The number of nitrogens with two attached hydrogens (primary N) is 1. The number of benzene rings is 1. The lowest BCUT2D eigenvalue weighted by Gasteiger charge is -2.06. The zero-order valence-electron chi connectivity index (χ0n) is 12.0. The Labute approximate surface area is 116 Å². The molecule has 3 heteroatoms. The smallest absolute Gasteiger partial charge is 0.224 e. The Morgan fingerprint density at radius 3 is 2.42 bits per heavy atom. The standard InChI is InChI=1S/C16H26N2O/c1-2-3-6-14-7-9-15(10-8-14)13-16(19)18-12-5-4-11-17/h7-10H,2-6,11-13,17H2,1H3,(H,18,19). The highest BCUT2D eigenvalue weighted by molar-refractivity contribution is 5.78. The highest BCUT2D eigenvalue weighted by atomic mass is 16.1. The van der Waals surface area contributed by atoms with Gasteiger partial charge >= 0.3 is 0 Å². The van der Waals surface area contributed by atoms with Gasteiger partial charge in [0, 0.05) is 6.54 Å². The van der Waals surface area contributed by atoms with Gasteiger partial charge in [0.25, 0.3) is 0 Å². The van der Waals surface area contributed by atoms with Gasteiger partial charge in [0.1, 0.15) is 0 Å². The summed E-state index contributed by atoms with van der Waals surface area (Å²) < 4.78 is 0. The van der Waals surface area contributed by atoms with Gasteiger partial charge in [0.2, 0.25) is 5.91 Å². The van der Waals surface area contributed by atoms with Gasteiger partial charge in [0.05, 0.1) is 6.42 Å². The molecule has 0 saturated heterocycles. The normalized spacial score (nSPS) is 10.4. The molecule has 0 bridgehead atoms. The lowest BCUT2D eigenvalue weighted by atomic mass is 10.0. The van der Waals surface area contributed by atoms with Gasteiger partial charge in [0.15, 0.2) is 0 Å². The minimum atomic E-state index is 0.0957. The molecule has 1 aromatic carbocycles. The molecule has 106 valence electrons. The average Bonchev–Trinajstić information content (AvgIpc) is 2.43. The third-order valence-electron chi connectivity index (χ3n) is 3.16. The lowest BCUT2D eigenvalue weighted by molar-refractivity contribution is -0.120. The Morgan fingerprint density at radius 2 is 1.79 bits per heavy atom. The van der Waals surface area contributed by atoms with E-state index in [1.54, 1.807) is 0 Å². The number of nitrogens with one attached hydrogen (secondary N) is 1. The van der Waals surface area contributed by atoms with Crippen molar-refractivity contribution < 1.29 is 4.79 Å². The van der Waals surface area contributed by atoms with Gasteiger partial charge in [-0.15, -0.1) is 0 Å². The van der Waals surface area contributed by atoms with Crippen LogP contribution >= 0.6 is 0 Å². The highest BCUT2D eigenvalue weighted by Crippen LogP contribution is 2.08. The number of hydrogen-bond acceptors (Lipinski definition) is 2. The second-order valence-electron chi connectivity index (χ2n) is 4.94. The Hall–Kier alpha value is -1.35. The monoisotopic (exact) mass is 262 g/mol. The maximum Gasteiger partial charge on any atom is 0.224 e. The first-order chi connectivity index (χ1) is 9.26. The van der Waals surface area contributed by atoms with Crippen LogP contribution in [-0.2, 0) is 17.6 Å². The summed E-state index contributed by atoms with van der Waals surface area (Å²) >= 11 is 0. The molecule has 1 aromatic rings.